The van der Waals surface area contributed by atoms with Crippen molar-refractivity contribution in [3.8, 4) is 0 Å². The Kier molecular flexibility index (Phi) is 7.22. The molecule has 7 nitrogen and oxygen atoms in total. The Morgan fingerprint density at radius 3 is 1.84 bits per heavy atom. The number of hydrogen-bond donors (Lipinski definition) is 1. The third-order valence-electron chi connectivity index (χ3n) is 4.83. The van der Waals surface area contributed by atoms with Gasteiger partial charge in [-0.05, 0) is 93.1 Å². The Balaban J connectivity index is 1.68. The van der Waals surface area contributed by atoms with Crippen LogP contribution in [-0.4, -0.2) is 24.2 Å². The number of carboxylic acid groups (broad SMARTS) is 1. The number of carboxylic acids is 1. The summed E-state index contributed by atoms with van der Waals surface area (Å²) >= 11 is 0. The standard InChI is InChI=1S/C24H25N5O2/c1-4-29(5-2)22-13-10-20(11-14-22)25-27-21-12-15-23(17(3)16-21)28-26-19-8-6-18(7-9-19)24(30)31/h6-16H,4-5H2,1-3H3,(H,30,31). The zero-order valence-corrected chi connectivity index (χ0v) is 17.9. The van der Waals surface area contributed by atoms with Gasteiger partial charge in [-0.15, -0.1) is 0 Å². The molecule has 0 aliphatic heterocycles. The van der Waals surface area contributed by atoms with E-state index in [1.165, 1.54) is 17.8 Å². The number of rotatable bonds is 8. The number of hydrogen-bond acceptors (Lipinski definition) is 6. The van der Waals surface area contributed by atoms with Crippen molar-refractivity contribution in [3.05, 3.63) is 77.9 Å². The third kappa shape index (κ3) is 5.82. The second kappa shape index (κ2) is 10.2. The first-order valence-electron chi connectivity index (χ1n) is 10.1. The van der Waals surface area contributed by atoms with Crippen LogP contribution in [0.4, 0.5) is 28.4 Å². The van der Waals surface area contributed by atoms with E-state index >= 15 is 0 Å². The second-order valence-electron chi connectivity index (χ2n) is 6.91. The SMILES string of the molecule is CCN(CC)c1ccc(N=Nc2ccc(N=Nc3ccc(C(=O)O)cc3)c(C)c2)cc1. The Morgan fingerprint density at radius 1 is 0.774 bits per heavy atom. The summed E-state index contributed by atoms with van der Waals surface area (Å²) in [6.45, 7) is 8.14. The van der Waals surface area contributed by atoms with Gasteiger partial charge in [-0.2, -0.15) is 20.5 Å². The molecule has 0 fully saturated rings. The summed E-state index contributed by atoms with van der Waals surface area (Å²) in [4.78, 5) is 13.2. The fourth-order valence-corrected chi connectivity index (χ4v) is 3.03. The number of benzene rings is 3. The van der Waals surface area contributed by atoms with Crippen LogP contribution in [0.1, 0.15) is 29.8 Å². The minimum absolute atomic E-state index is 0.215. The highest BCUT2D eigenvalue weighted by Gasteiger charge is 2.03. The van der Waals surface area contributed by atoms with Crippen molar-refractivity contribution in [2.24, 2.45) is 20.5 Å². The summed E-state index contributed by atoms with van der Waals surface area (Å²) in [5.74, 6) is -0.969. The topological polar surface area (TPSA) is 90.0 Å². The third-order valence-corrected chi connectivity index (χ3v) is 4.83. The molecule has 3 rings (SSSR count). The molecule has 3 aromatic carbocycles. The van der Waals surface area contributed by atoms with Crippen LogP contribution in [0, 0.1) is 6.92 Å². The summed E-state index contributed by atoms with van der Waals surface area (Å²) in [5.41, 5.74) is 5.13. The molecule has 0 heterocycles. The van der Waals surface area contributed by atoms with Gasteiger partial charge in [-0.25, -0.2) is 4.79 Å². The molecule has 3 aromatic rings. The average molecular weight is 415 g/mol. The lowest BCUT2D eigenvalue weighted by Crippen LogP contribution is -2.21. The minimum Gasteiger partial charge on any atom is -0.478 e. The number of anilines is 1. The number of nitrogens with zero attached hydrogens (tertiary/aromatic N) is 5. The molecule has 0 atom stereocenters. The van der Waals surface area contributed by atoms with E-state index in [1.54, 1.807) is 12.1 Å². The van der Waals surface area contributed by atoms with Gasteiger partial charge in [0.25, 0.3) is 0 Å². The van der Waals surface area contributed by atoms with Crippen LogP contribution in [-0.2, 0) is 0 Å². The average Bonchev–Trinajstić information content (AvgIpc) is 2.79. The predicted molar refractivity (Wildman–Crippen MR) is 123 cm³/mol. The van der Waals surface area contributed by atoms with Crippen molar-refractivity contribution in [1.29, 1.82) is 0 Å². The monoisotopic (exact) mass is 415 g/mol. The van der Waals surface area contributed by atoms with Crippen LogP contribution in [0.15, 0.2) is 87.2 Å². The van der Waals surface area contributed by atoms with Crippen LogP contribution in [0.2, 0.25) is 0 Å². The summed E-state index contributed by atoms with van der Waals surface area (Å²) in [5, 5.41) is 26.0. The van der Waals surface area contributed by atoms with Crippen molar-refractivity contribution < 1.29 is 9.90 Å². The molecule has 0 saturated heterocycles. The van der Waals surface area contributed by atoms with E-state index in [-0.39, 0.29) is 5.56 Å². The molecular formula is C24H25N5O2. The van der Waals surface area contributed by atoms with Crippen molar-refractivity contribution in [2.45, 2.75) is 20.8 Å². The maximum absolute atomic E-state index is 10.9. The Bertz CT molecular complexity index is 1090. The number of azo groups is 2. The molecular weight excluding hydrogens is 390 g/mol. The highest BCUT2D eigenvalue weighted by molar-refractivity contribution is 5.87. The fraction of sp³-hybridized carbons (Fsp3) is 0.208. The van der Waals surface area contributed by atoms with Gasteiger partial charge in [0, 0.05) is 18.8 Å². The summed E-state index contributed by atoms with van der Waals surface area (Å²) in [7, 11) is 0. The first-order valence-corrected chi connectivity index (χ1v) is 10.1. The molecule has 0 spiro atoms. The molecule has 0 saturated carbocycles. The van der Waals surface area contributed by atoms with E-state index in [1.807, 2.05) is 37.3 Å². The van der Waals surface area contributed by atoms with Gasteiger partial charge in [0.1, 0.15) is 0 Å². The van der Waals surface area contributed by atoms with Crippen LogP contribution < -0.4 is 4.90 Å². The lowest BCUT2D eigenvalue weighted by atomic mass is 10.2. The molecule has 0 radical (unpaired) electrons. The van der Waals surface area contributed by atoms with E-state index in [2.05, 4.69) is 51.3 Å². The van der Waals surface area contributed by atoms with E-state index in [0.717, 1.165) is 30.0 Å². The van der Waals surface area contributed by atoms with Crippen LogP contribution in [0.3, 0.4) is 0 Å². The Hall–Kier alpha value is -3.87. The zero-order valence-electron chi connectivity index (χ0n) is 17.9. The smallest absolute Gasteiger partial charge is 0.335 e. The molecule has 158 valence electrons. The second-order valence-corrected chi connectivity index (χ2v) is 6.91. The molecule has 1 N–H and O–H groups in total. The van der Waals surface area contributed by atoms with Crippen molar-refractivity contribution >= 4 is 34.4 Å². The van der Waals surface area contributed by atoms with Gasteiger partial charge in [0.15, 0.2) is 0 Å². The van der Waals surface area contributed by atoms with E-state index in [9.17, 15) is 4.79 Å². The molecule has 0 unspecified atom stereocenters. The maximum Gasteiger partial charge on any atom is 0.335 e. The maximum atomic E-state index is 10.9. The number of carbonyl (C=O) groups is 1. The van der Waals surface area contributed by atoms with Gasteiger partial charge < -0.3 is 10.0 Å². The van der Waals surface area contributed by atoms with Gasteiger partial charge in [-0.3, -0.25) is 0 Å². The largest absolute Gasteiger partial charge is 0.478 e. The number of aryl methyl sites for hydroxylation is 1. The van der Waals surface area contributed by atoms with Crippen molar-refractivity contribution in [1.82, 2.24) is 0 Å². The first-order chi connectivity index (χ1) is 15.0. The molecule has 7 heteroatoms. The van der Waals surface area contributed by atoms with E-state index in [0.29, 0.717) is 11.4 Å². The van der Waals surface area contributed by atoms with E-state index < -0.39 is 5.97 Å². The lowest BCUT2D eigenvalue weighted by Gasteiger charge is -2.20. The normalized spacial score (nSPS) is 11.3. The summed E-state index contributed by atoms with van der Waals surface area (Å²) < 4.78 is 0. The fourth-order valence-electron chi connectivity index (χ4n) is 3.03. The van der Waals surface area contributed by atoms with Crippen molar-refractivity contribution in [3.63, 3.8) is 0 Å². The molecule has 0 amide bonds. The van der Waals surface area contributed by atoms with Gasteiger partial charge in [0.2, 0.25) is 0 Å². The van der Waals surface area contributed by atoms with Crippen LogP contribution in [0.5, 0.6) is 0 Å². The summed E-state index contributed by atoms with van der Waals surface area (Å²) in [6, 6.07) is 19.8. The quantitative estimate of drug-likeness (QED) is 0.389. The van der Waals surface area contributed by atoms with Gasteiger partial charge in [-0.1, -0.05) is 0 Å². The lowest BCUT2D eigenvalue weighted by molar-refractivity contribution is 0.0697. The first kappa shape index (κ1) is 21.8. The van der Waals surface area contributed by atoms with Gasteiger partial charge >= 0.3 is 5.97 Å². The molecule has 0 aromatic heterocycles. The van der Waals surface area contributed by atoms with Crippen molar-refractivity contribution in [2.75, 3.05) is 18.0 Å². The zero-order chi connectivity index (χ0) is 22.2. The number of aromatic carboxylic acids is 1. The molecule has 0 aliphatic rings. The van der Waals surface area contributed by atoms with Gasteiger partial charge in [0.05, 0.1) is 28.3 Å². The Morgan fingerprint density at radius 2 is 1.29 bits per heavy atom. The molecule has 0 aliphatic carbocycles. The molecule has 31 heavy (non-hydrogen) atoms. The van der Waals surface area contributed by atoms with Crippen LogP contribution >= 0.6 is 0 Å². The predicted octanol–water partition coefficient (Wildman–Crippen LogP) is 7.37. The minimum atomic E-state index is -0.969. The Labute approximate surface area is 181 Å². The summed E-state index contributed by atoms with van der Waals surface area (Å²) in [6.07, 6.45) is 0. The highest BCUT2D eigenvalue weighted by Crippen LogP contribution is 2.28. The highest BCUT2D eigenvalue weighted by atomic mass is 16.4. The molecule has 0 bridgehead atoms. The van der Waals surface area contributed by atoms with E-state index in [4.69, 9.17) is 5.11 Å². The van der Waals surface area contributed by atoms with Crippen LogP contribution in [0.25, 0.3) is 0 Å².